The number of hydrogen-bond acceptors (Lipinski definition) is 20. The van der Waals surface area contributed by atoms with E-state index in [4.69, 9.17) is 0 Å². The van der Waals surface area contributed by atoms with Crippen LogP contribution in [0.1, 0.15) is 145 Å². The van der Waals surface area contributed by atoms with Crippen molar-refractivity contribution >= 4 is 112 Å². The molecule has 0 aliphatic carbocycles. The first kappa shape index (κ1) is 69.0. The lowest BCUT2D eigenvalue weighted by Gasteiger charge is -2.26. The molecule has 19 nitrogen and oxygen atoms in total. The number of aryl methyl sites for hydroxylation is 11. The number of amides is 3. The van der Waals surface area contributed by atoms with Gasteiger partial charge in [-0.3, -0.25) is 19.2 Å². The minimum atomic E-state index is -0.0453. The first-order valence-corrected chi connectivity index (χ1v) is 33.6. The SMILES string of the molecule is Cc1cc(Nc2nc(C(=O)N3CCCCC3)cs2)cc(C)c1O.Cc1cc(Nc2nc(C)c(C(=O)N(C)C)s2)cc(C)c1O.Cc1cc(Nc2nc(C)c(C(=O)N3CCCCC3)s2)cc(C)c1O.Cc1cc(Nc2nc(C)c(C(=O)c3ccccc3)s2)cc(C)c1O. The monoisotopic (exact) mass is 1320 g/mol. The second kappa shape index (κ2) is 30.9. The van der Waals surface area contributed by atoms with Crippen molar-refractivity contribution in [3.05, 3.63) is 172 Å². The molecule has 8 N–H and O–H groups in total. The van der Waals surface area contributed by atoms with Crippen LogP contribution in [0.3, 0.4) is 0 Å². The minimum Gasteiger partial charge on any atom is -0.507 e. The molecule has 6 heterocycles. The first-order valence-electron chi connectivity index (χ1n) is 30.3. The lowest BCUT2D eigenvalue weighted by atomic mass is 10.1. The number of likely N-dealkylation sites (tertiary alicyclic amines) is 2. The molecule has 0 bridgehead atoms. The van der Waals surface area contributed by atoms with Gasteiger partial charge in [0.2, 0.25) is 5.78 Å². The summed E-state index contributed by atoms with van der Waals surface area (Å²) in [6, 6.07) is 24.1. The molecule has 2 aliphatic rings. The summed E-state index contributed by atoms with van der Waals surface area (Å²) >= 11 is 5.49. The Morgan fingerprint density at radius 3 is 1.13 bits per heavy atom. The number of phenolic OH excluding ortho intramolecular Hbond substituents is 4. The third-order valence-corrected chi connectivity index (χ3v) is 19.4. The summed E-state index contributed by atoms with van der Waals surface area (Å²) in [6.45, 7) is 23.7. The fourth-order valence-corrected chi connectivity index (χ4v) is 14.0. The van der Waals surface area contributed by atoms with Crippen LogP contribution < -0.4 is 21.3 Å². The number of piperidine rings is 2. The van der Waals surface area contributed by atoms with Crippen LogP contribution in [0.5, 0.6) is 23.0 Å². The van der Waals surface area contributed by atoms with E-state index in [1.165, 1.54) is 58.2 Å². The molecule has 0 radical (unpaired) electrons. The van der Waals surface area contributed by atoms with E-state index < -0.39 is 0 Å². The molecule has 484 valence electrons. The number of hydrogen-bond donors (Lipinski definition) is 8. The fraction of sp³-hybridized carbons (Fsp3) is 0.333. The fourth-order valence-electron chi connectivity index (χ4n) is 10.4. The Kier molecular flexibility index (Phi) is 23.2. The molecule has 11 rings (SSSR count). The highest BCUT2D eigenvalue weighted by Crippen LogP contribution is 2.36. The van der Waals surface area contributed by atoms with Crippen LogP contribution in [-0.4, -0.2) is 119 Å². The quantitative estimate of drug-likeness (QED) is 0.0394. The second-order valence-corrected chi connectivity index (χ2v) is 27.1. The van der Waals surface area contributed by atoms with E-state index >= 15 is 0 Å². The average Bonchev–Trinajstić information content (AvgIpc) is 1.73. The minimum absolute atomic E-state index is 0.0169. The van der Waals surface area contributed by atoms with Gasteiger partial charge in [0.1, 0.15) is 38.4 Å². The van der Waals surface area contributed by atoms with Crippen molar-refractivity contribution < 1.29 is 39.6 Å². The number of aromatic hydroxyl groups is 4. The molecule has 0 spiro atoms. The summed E-state index contributed by atoms with van der Waals surface area (Å²) in [7, 11) is 3.45. The van der Waals surface area contributed by atoms with Crippen molar-refractivity contribution in [3.8, 4) is 23.0 Å². The van der Waals surface area contributed by atoms with Crippen LogP contribution in [0.4, 0.5) is 43.3 Å². The smallest absolute Gasteiger partial charge is 0.273 e. The van der Waals surface area contributed by atoms with E-state index in [0.717, 1.165) is 125 Å². The average molecular weight is 1320 g/mol. The predicted molar refractivity (Wildman–Crippen MR) is 374 cm³/mol. The summed E-state index contributed by atoms with van der Waals surface area (Å²) in [5.41, 5.74) is 13.2. The van der Waals surface area contributed by atoms with E-state index in [2.05, 4.69) is 41.2 Å². The normalized spacial score (nSPS) is 12.7. The van der Waals surface area contributed by atoms with Gasteiger partial charge in [-0.2, -0.15) is 0 Å². The first-order chi connectivity index (χ1) is 43.7. The van der Waals surface area contributed by atoms with Gasteiger partial charge in [-0.1, -0.05) is 64.3 Å². The third kappa shape index (κ3) is 17.6. The van der Waals surface area contributed by atoms with Gasteiger partial charge in [-0.05, 0) is 208 Å². The Bertz CT molecular complexity index is 4030. The highest BCUT2D eigenvalue weighted by molar-refractivity contribution is 7.18. The number of carbonyl (C=O) groups excluding carboxylic acids is 4. The van der Waals surface area contributed by atoms with Crippen molar-refractivity contribution in [3.63, 3.8) is 0 Å². The highest BCUT2D eigenvalue weighted by atomic mass is 32.1. The lowest BCUT2D eigenvalue weighted by molar-refractivity contribution is 0.0715. The van der Waals surface area contributed by atoms with Gasteiger partial charge in [-0.25, -0.2) is 19.9 Å². The number of anilines is 8. The maximum absolute atomic E-state index is 12.7. The molecule has 9 aromatic rings. The zero-order valence-corrected chi connectivity index (χ0v) is 57.6. The van der Waals surface area contributed by atoms with Crippen molar-refractivity contribution in [2.75, 3.05) is 61.5 Å². The Morgan fingerprint density at radius 1 is 0.424 bits per heavy atom. The number of nitrogens with zero attached hydrogens (tertiary/aromatic N) is 7. The van der Waals surface area contributed by atoms with Gasteiger partial charge >= 0.3 is 0 Å². The highest BCUT2D eigenvalue weighted by Gasteiger charge is 2.25. The predicted octanol–water partition coefficient (Wildman–Crippen LogP) is 15.9. The number of ketones is 1. The zero-order chi connectivity index (χ0) is 66.7. The molecule has 2 saturated heterocycles. The molecular weight excluding hydrogens is 1240 g/mol. The number of carbonyl (C=O) groups is 4. The standard InChI is InChI=1S/C19H18N2O2S.C18H23N3O2S.C17H21N3O2S.C15H19N3O2S/c1-11-9-15(10-12(2)16(11)22)21-19-20-13(3)18(24-19)17(23)14-7-5-4-6-8-14;1-11-9-14(10-12(2)15(11)22)20-18-19-13(3)16(24-18)17(23)21-7-5-4-6-8-21;1-11-8-13(9-12(2)15(11)21)18-17-19-14(10-23-17)16(22)20-6-4-3-5-7-20;1-8-6-11(7-9(2)12(8)19)17-15-16-10(3)13(21-15)14(20)18(4)5/h4-10,22H,1-3H3,(H,20,21);9-10,22H,4-8H2,1-3H3,(H,19,20);8-10,21H,3-7H2,1-2H3,(H,18,19);6-7,19H,1-5H3,(H,16,17). The van der Waals surface area contributed by atoms with Crippen LogP contribution in [-0.2, 0) is 0 Å². The van der Waals surface area contributed by atoms with Gasteiger partial charge in [0.15, 0.2) is 20.5 Å². The van der Waals surface area contributed by atoms with Crippen molar-refractivity contribution in [2.24, 2.45) is 0 Å². The molecule has 23 heteroatoms. The molecule has 0 unspecified atom stereocenters. The van der Waals surface area contributed by atoms with Crippen LogP contribution in [0.25, 0.3) is 0 Å². The lowest BCUT2D eigenvalue weighted by Crippen LogP contribution is -2.35. The molecule has 5 aromatic carbocycles. The Labute approximate surface area is 553 Å². The van der Waals surface area contributed by atoms with Crippen LogP contribution in [0, 0.1) is 76.2 Å². The summed E-state index contributed by atoms with van der Waals surface area (Å²) < 4.78 is 0. The number of aromatic nitrogens is 4. The second-order valence-electron chi connectivity index (χ2n) is 23.3. The van der Waals surface area contributed by atoms with Crippen molar-refractivity contribution in [1.29, 1.82) is 0 Å². The molecule has 2 aliphatic heterocycles. The molecular formula is C69H81N11O8S4. The Balaban J connectivity index is 0.000000158. The van der Waals surface area contributed by atoms with E-state index in [0.29, 0.717) is 80.8 Å². The van der Waals surface area contributed by atoms with E-state index in [1.807, 2.05) is 153 Å². The molecule has 3 amide bonds. The van der Waals surface area contributed by atoms with Gasteiger partial charge < -0.3 is 56.4 Å². The molecule has 0 atom stereocenters. The van der Waals surface area contributed by atoms with Gasteiger partial charge in [0.05, 0.1) is 22.0 Å². The summed E-state index contributed by atoms with van der Waals surface area (Å²) in [6.07, 6.45) is 6.73. The van der Waals surface area contributed by atoms with E-state index in [9.17, 15) is 39.6 Å². The Hall–Kier alpha value is -8.90. The molecule has 2 fully saturated rings. The maximum atomic E-state index is 12.7. The van der Waals surface area contributed by atoms with Crippen LogP contribution in [0.15, 0.2) is 84.2 Å². The summed E-state index contributed by atoms with van der Waals surface area (Å²) in [5, 5.41) is 56.8. The number of thiazole rings is 4. The number of rotatable bonds is 13. The van der Waals surface area contributed by atoms with Crippen LogP contribution >= 0.6 is 45.3 Å². The topological polar surface area (TPSA) is 259 Å². The Morgan fingerprint density at radius 2 is 0.750 bits per heavy atom. The molecule has 92 heavy (non-hydrogen) atoms. The summed E-state index contributed by atoms with van der Waals surface area (Å²) in [4.78, 5) is 74.8. The molecule has 4 aromatic heterocycles. The summed E-state index contributed by atoms with van der Waals surface area (Å²) in [5.74, 6) is 1.29. The maximum Gasteiger partial charge on any atom is 0.273 e. The number of benzene rings is 5. The van der Waals surface area contributed by atoms with E-state index in [-0.39, 0.29) is 23.5 Å². The largest absolute Gasteiger partial charge is 0.507 e. The van der Waals surface area contributed by atoms with Crippen molar-refractivity contribution in [1.82, 2.24) is 34.6 Å². The zero-order valence-electron chi connectivity index (χ0n) is 54.3. The van der Waals surface area contributed by atoms with Crippen molar-refractivity contribution in [2.45, 2.75) is 115 Å². The van der Waals surface area contributed by atoms with Gasteiger partial charge in [0, 0.05) is 74.0 Å². The van der Waals surface area contributed by atoms with E-state index in [1.54, 1.807) is 36.5 Å². The number of phenols is 4. The third-order valence-electron chi connectivity index (χ3n) is 15.4. The van der Waals surface area contributed by atoms with Gasteiger partial charge in [0.25, 0.3) is 17.7 Å². The van der Waals surface area contributed by atoms with Gasteiger partial charge in [-0.15, -0.1) is 11.3 Å². The number of nitrogens with one attached hydrogen (secondary N) is 4. The molecule has 0 saturated carbocycles. The van der Waals surface area contributed by atoms with Crippen LogP contribution in [0.2, 0.25) is 0 Å².